The number of carbonyl (C=O) groups excluding carboxylic acids is 1. The number of primary amides is 1. The summed E-state index contributed by atoms with van der Waals surface area (Å²) in [4.78, 5) is 30.3. The van der Waals surface area contributed by atoms with E-state index in [1.54, 1.807) is 47.1 Å². The number of hydrogen-bond donors (Lipinski definition) is 1. The van der Waals surface area contributed by atoms with Crippen LogP contribution in [-0.2, 0) is 0 Å². The fourth-order valence-electron chi connectivity index (χ4n) is 4.87. The largest absolute Gasteiger partial charge is 0.493 e. The molecule has 0 bridgehead atoms. The Morgan fingerprint density at radius 2 is 2.00 bits per heavy atom. The maximum Gasteiger partial charge on any atom is 0.314 e. The van der Waals surface area contributed by atoms with E-state index in [2.05, 4.69) is 21.8 Å². The van der Waals surface area contributed by atoms with Gasteiger partial charge in [-0.2, -0.15) is 9.71 Å². The van der Waals surface area contributed by atoms with E-state index >= 15 is 0 Å². The fourth-order valence-corrected chi connectivity index (χ4v) is 4.87. The minimum Gasteiger partial charge on any atom is -0.493 e. The summed E-state index contributed by atoms with van der Waals surface area (Å²) in [6.45, 7) is 7.31. The van der Waals surface area contributed by atoms with E-state index < -0.39 is 0 Å². The highest BCUT2D eigenvalue weighted by Gasteiger charge is 2.25. The molecule has 0 aliphatic carbocycles. The number of nitrogens with zero attached hydrogens (tertiary/aromatic N) is 5. The van der Waals surface area contributed by atoms with Gasteiger partial charge in [0.15, 0.2) is 11.5 Å². The molecule has 10 nitrogen and oxygen atoms in total. The average Bonchev–Trinajstić information content (AvgIpc) is 3.23. The van der Waals surface area contributed by atoms with Crippen LogP contribution < -0.4 is 20.0 Å². The molecule has 11 heteroatoms. The van der Waals surface area contributed by atoms with Gasteiger partial charge in [0.25, 0.3) is 5.88 Å². The van der Waals surface area contributed by atoms with Crippen LogP contribution in [0.4, 0.5) is 9.18 Å². The lowest BCUT2D eigenvalue weighted by Gasteiger charge is -2.39. The zero-order valence-corrected chi connectivity index (χ0v) is 21.7. The predicted molar refractivity (Wildman–Crippen MR) is 141 cm³/mol. The Hall–Kier alpha value is -4.12. The molecule has 0 radical (unpaired) electrons. The number of ether oxygens (including phenoxy) is 2. The molecule has 38 heavy (non-hydrogen) atoms. The Kier molecular flexibility index (Phi) is 7.19. The molecule has 1 atom stereocenters. The van der Waals surface area contributed by atoms with Crippen LogP contribution in [0.2, 0.25) is 0 Å². The lowest BCUT2D eigenvalue weighted by Crippen LogP contribution is -2.55. The normalized spacial score (nSPS) is 16.2. The molecule has 1 unspecified atom stereocenters. The minimum atomic E-state index is -0.369. The van der Waals surface area contributed by atoms with Crippen LogP contribution in [0.3, 0.4) is 0 Å². The van der Waals surface area contributed by atoms with Gasteiger partial charge in [-0.15, -0.1) is 0 Å². The highest BCUT2D eigenvalue weighted by molar-refractivity contribution is 5.87. The van der Waals surface area contributed by atoms with Crippen molar-refractivity contribution in [3.63, 3.8) is 0 Å². The predicted octanol–water partition coefficient (Wildman–Crippen LogP) is 3.74. The second-order valence-electron chi connectivity index (χ2n) is 9.41. The number of hydrogen-bond acceptors (Lipinski definition) is 7. The number of methoxy groups -OCH3 is 1. The summed E-state index contributed by atoms with van der Waals surface area (Å²) in [7, 11) is 1.57. The van der Waals surface area contributed by atoms with Crippen LogP contribution in [0, 0.1) is 12.7 Å². The number of piperazine rings is 1. The van der Waals surface area contributed by atoms with E-state index in [4.69, 9.17) is 20.0 Å². The number of nitrogens with two attached hydrogens (primary N) is 1. The number of fused-ring (bicyclic) bond motifs is 2. The van der Waals surface area contributed by atoms with Crippen molar-refractivity contribution in [2.24, 2.45) is 5.73 Å². The van der Waals surface area contributed by atoms with Gasteiger partial charge in [0, 0.05) is 43.7 Å². The quantitative estimate of drug-likeness (QED) is 0.351. The van der Waals surface area contributed by atoms with Gasteiger partial charge in [0.05, 0.1) is 35.8 Å². The van der Waals surface area contributed by atoms with Gasteiger partial charge in [-0.1, -0.05) is 6.07 Å². The number of urea groups is 1. The molecule has 2 aromatic carbocycles. The van der Waals surface area contributed by atoms with Crippen LogP contribution >= 0.6 is 0 Å². The number of carbonyl (C=O) groups is 1. The van der Waals surface area contributed by atoms with E-state index in [1.165, 1.54) is 12.4 Å². The molecule has 4 aromatic rings. The van der Waals surface area contributed by atoms with Crippen LogP contribution in [-0.4, -0.2) is 76.5 Å². The molecule has 1 saturated heterocycles. The summed E-state index contributed by atoms with van der Waals surface area (Å²) >= 11 is 0. The van der Waals surface area contributed by atoms with Crippen molar-refractivity contribution in [3.05, 3.63) is 54.2 Å². The van der Waals surface area contributed by atoms with Crippen molar-refractivity contribution in [1.29, 1.82) is 0 Å². The third kappa shape index (κ3) is 5.01. The Bertz CT molecular complexity index is 1480. The first-order valence-electron chi connectivity index (χ1n) is 12.5. The van der Waals surface area contributed by atoms with E-state index in [1.807, 2.05) is 6.92 Å². The average molecular weight is 523 g/mol. The maximum absolute atomic E-state index is 14.3. The first-order chi connectivity index (χ1) is 18.4. The molecule has 5 rings (SSSR count). The molecule has 2 amide bonds. The molecule has 0 saturated carbocycles. The van der Waals surface area contributed by atoms with Crippen molar-refractivity contribution in [3.8, 4) is 17.4 Å². The summed E-state index contributed by atoms with van der Waals surface area (Å²) in [5.74, 6) is 1.10. The summed E-state index contributed by atoms with van der Waals surface area (Å²) in [5.41, 5.74) is 7.37. The number of rotatable bonds is 8. The SMILES string of the molecule is COc1cc2c(On3c(C)cc4c(F)cccc43)ncnc2cc1OCCCN1CCN(C(N)=O)CC1C. The second-order valence-corrected chi connectivity index (χ2v) is 9.41. The topological polar surface area (TPSA) is 108 Å². The van der Waals surface area contributed by atoms with Crippen LogP contribution in [0.1, 0.15) is 19.0 Å². The Morgan fingerprint density at radius 3 is 2.76 bits per heavy atom. The fraction of sp³-hybridized carbons (Fsp3) is 0.370. The standard InChI is InChI=1S/C27H31FN6O4/c1-17-12-19-21(28)6-4-7-23(19)34(17)38-26-20-13-24(36-3)25(14-22(20)30-16-31-26)37-11-5-8-32-9-10-33(27(29)35)15-18(32)2/h4,6-7,12-14,16,18H,5,8-11,15H2,1-3H3,(H2,29,35). The molecule has 200 valence electrons. The van der Waals surface area contributed by atoms with Gasteiger partial charge in [-0.25, -0.2) is 14.2 Å². The third-order valence-corrected chi connectivity index (χ3v) is 6.91. The first-order valence-corrected chi connectivity index (χ1v) is 12.5. The molecule has 1 aliphatic rings. The summed E-state index contributed by atoms with van der Waals surface area (Å²) in [6.07, 6.45) is 2.22. The van der Waals surface area contributed by atoms with E-state index in [0.717, 1.165) is 25.2 Å². The maximum atomic E-state index is 14.3. The van der Waals surface area contributed by atoms with Crippen LogP contribution in [0.15, 0.2) is 42.7 Å². The summed E-state index contributed by atoms with van der Waals surface area (Å²) in [5, 5.41) is 1.11. The molecule has 3 heterocycles. The van der Waals surface area contributed by atoms with E-state index in [0.29, 0.717) is 58.9 Å². The molecular formula is C27H31FN6O4. The highest BCUT2D eigenvalue weighted by Crippen LogP contribution is 2.35. The van der Waals surface area contributed by atoms with Gasteiger partial charge in [0.1, 0.15) is 12.1 Å². The van der Waals surface area contributed by atoms with Crippen molar-refractivity contribution in [2.45, 2.75) is 26.3 Å². The molecule has 1 aliphatic heterocycles. The Balaban J connectivity index is 1.30. The van der Waals surface area contributed by atoms with Crippen molar-refractivity contribution < 1.29 is 23.5 Å². The smallest absolute Gasteiger partial charge is 0.314 e. The monoisotopic (exact) mass is 522 g/mol. The van der Waals surface area contributed by atoms with Gasteiger partial charge >= 0.3 is 6.03 Å². The number of aryl methyl sites for hydroxylation is 1. The third-order valence-electron chi connectivity index (χ3n) is 6.91. The number of amides is 2. The Labute approximate surface area is 219 Å². The number of benzene rings is 2. The number of halogens is 1. The second kappa shape index (κ2) is 10.7. The highest BCUT2D eigenvalue weighted by atomic mass is 19.1. The first kappa shape index (κ1) is 25.5. The lowest BCUT2D eigenvalue weighted by molar-refractivity contribution is 0.0962. The zero-order valence-electron chi connectivity index (χ0n) is 21.7. The van der Waals surface area contributed by atoms with Gasteiger partial charge in [-0.3, -0.25) is 4.90 Å². The molecule has 0 spiro atoms. The van der Waals surface area contributed by atoms with Gasteiger partial charge < -0.3 is 24.9 Å². The van der Waals surface area contributed by atoms with Crippen molar-refractivity contribution >= 4 is 27.8 Å². The summed E-state index contributed by atoms with van der Waals surface area (Å²) < 4.78 is 27.5. The molecule has 2 N–H and O–H groups in total. The van der Waals surface area contributed by atoms with Gasteiger partial charge in [0.2, 0.25) is 0 Å². The zero-order chi connectivity index (χ0) is 26.8. The van der Waals surface area contributed by atoms with Crippen molar-refractivity contribution in [2.75, 3.05) is 39.9 Å². The van der Waals surface area contributed by atoms with E-state index in [9.17, 15) is 9.18 Å². The molecule has 1 fully saturated rings. The van der Waals surface area contributed by atoms with Crippen molar-refractivity contribution in [1.82, 2.24) is 24.5 Å². The van der Waals surface area contributed by atoms with Crippen LogP contribution in [0.5, 0.6) is 17.4 Å². The minimum absolute atomic E-state index is 0.235. The van der Waals surface area contributed by atoms with E-state index in [-0.39, 0.29) is 17.9 Å². The van der Waals surface area contributed by atoms with Crippen LogP contribution in [0.25, 0.3) is 21.8 Å². The number of aromatic nitrogens is 3. The Morgan fingerprint density at radius 1 is 1.16 bits per heavy atom. The lowest BCUT2D eigenvalue weighted by atomic mass is 10.2. The van der Waals surface area contributed by atoms with Gasteiger partial charge in [-0.05, 0) is 44.5 Å². The molecular weight excluding hydrogens is 491 g/mol. The molecule has 2 aromatic heterocycles. The summed E-state index contributed by atoms with van der Waals surface area (Å²) in [6, 6.07) is 10.0.